The highest BCUT2D eigenvalue weighted by atomic mass is 32.2. The number of fused-ring (bicyclic) bond motifs is 3. The second-order valence-corrected chi connectivity index (χ2v) is 9.91. The van der Waals surface area contributed by atoms with Crippen LogP contribution in [0.2, 0.25) is 0 Å². The Morgan fingerprint density at radius 1 is 1.08 bits per heavy atom. The van der Waals surface area contributed by atoms with Crippen molar-refractivity contribution >= 4 is 23.8 Å². The summed E-state index contributed by atoms with van der Waals surface area (Å²) in [6.07, 6.45) is 4.19. The first-order valence-electron chi connectivity index (χ1n) is 12.7. The summed E-state index contributed by atoms with van der Waals surface area (Å²) in [6.45, 7) is 4.62. The minimum Gasteiger partial charge on any atom is -0.466 e. The number of nitrogens with one attached hydrogen (secondary N) is 1. The Labute approximate surface area is 226 Å². The summed E-state index contributed by atoms with van der Waals surface area (Å²) in [6, 6.07) is 21.8. The fourth-order valence-corrected chi connectivity index (χ4v) is 5.30. The van der Waals surface area contributed by atoms with Gasteiger partial charge in [-0.05, 0) is 62.1 Å². The van der Waals surface area contributed by atoms with Crippen LogP contribution in [0.25, 0.3) is 11.5 Å². The van der Waals surface area contributed by atoms with Gasteiger partial charge in [0.25, 0.3) is 0 Å². The van der Waals surface area contributed by atoms with E-state index in [9.17, 15) is 9.59 Å². The maximum Gasteiger partial charge on any atom is 0.318 e. The van der Waals surface area contributed by atoms with Crippen molar-refractivity contribution in [1.29, 1.82) is 0 Å². The van der Waals surface area contributed by atoms with Crippen LogP contribution in [0, 0.1) is 6.92 Å². The van der Waals surface area contributed by atoms with E-state index in [0.717, 1.165) is 38.9 Å². The Bertz CT molecular complexity index is 1430. The van der Waals surface area contributed by atoms with Crippen molar-refractivity contribution in [2.24, 2.45) is 0 Å². The van der Waals surface area contributed by atoms with E-state index in [4.69, 9.17) is 9.84 Å². The number of carbonyl (C=O) groups excluding carboxylic acids is 2. The maximum atomic E-state index is 13.7. The van der Waals surface area contributed by atoms with Gasteiger partial charge in [0, 0.05) is 23.2 Å². The van der Waals surface area contributed by atoms with Gasteiger partial charge in [-0.2, -0.15) is 5.10 Å². The first-order valence-corrected chi connectivity index (χ1v) is 13.9. The van der Waals surface area contributed by atoms with Gasteiger partial charge in [0.1, 0.15) is 5.82 Å². The number of hydrogen-bond acceptors (Lipinski definition) is 5. The third-order valence-corrected chi connectivity index (χ3v) is 7.43. The molecule has 1 aliphatic rings. The minimum absolute atomic E-state index is 0.118. The molecule has 0 spiro atoms. The van der Waals surface area contributed by atoms with Crippen LogP contribution >= 0.6 is 11.8 Å². The van der Waals surface area contributed by atoms with E-state index in [1.165, 1.54) is 0 Å². The summed E-state index contributed by atoms with van der Waals surface area (Å²) in [7, 11) is 0. The number of nitrogens with zero attached hydrogens (tertiary/aromatic N) is 4. The summed E-state index contributed by atoms with van der Waals surface area (Å²) in [4.78, 5) is 28.6. The van der Waals surface area contributed by atoms with Crippen molar-refractivity contribution in [1.82, 2.24) is 24.6 Å². The van der Waals surface area contributed by atoms with Gasteiger partial charge in [-0.15, -0.1) is 11.8 Å². The molecule has 0 aliphatic carbocycles. The number of amides is 2. The van der Waals surface area contributed by atoms with Gasteiger partial charge in [0.2, 0.25) is 0 Å². The molecule has 0 fully saturated rings. The number of para-hydroxylation sites is 1. The number of urea groups is 1. The van der Waals surface area contributed by atoms with Crippen molar-refractivity contribution in [3.63, 3.8) is 0 Å². The van der Waals surface area contributed by atoms with Gasteiger partial charge in [-0.3, -0.25) is 4.79 Å². The van der Waals surface area contributed by atoms with Crippen molar-refractivity contribution in [2.45, 2.75) is 37.8 Å². The molecule has 2 aromatic heterocycles. The van der Waals surface area contributed by atoms with Crippen molar-refractivity contribution in [3.8, 4) is 11.5 Å². The van der Waals surface area contributed by atoms with Crippen molar-refractivity contribution in [3.05, 3.63) is 95.4 Å². The van der Waals surface area contributed by atoms with Crippen LogP contribution < -0.4 is 5.32 Å². The molecule has 4 aromatic rings. The molecule has 1 aliphatic heterocycles. The third kappa shape index (κ3) is 4.93. The first kappa shape index (κ1) is 25.7. The average Bonchev–Trinajstić information content (AvgIpc) is 3.50. The molecule has 0 bridgehead atoms. The molecule has 0 saturated carbocycles. The lowest BCUT2D eigenvalue weighted by molar-refractivity contribution is -0.142. The van der Waals surface area contributed by atoms with Gasteiger partial charge in [-0.1, -0.05) is 30.3 Å². The zero-order valence-corrected chi connectivity index (χ0v) is 22.6. The largest absolute Gasteiger partial charge is 0.466 e. The third-order valence-electron chi connectivity index (χ3n) is 6.69. The van der Waals surface area contributed by atoms with Crippen molar-refractivity contribution in [2.75, 3.05) is 19.4 Å². The van der Waals surface area contributed by atoms with Gasteiger partial charge < -0.3 is 19.5 Å². The molecule has 2 amide bonds. The van der Waals surface area contributed by atoms with E-state index >= 15 is 0 Å². The molecule has 1 unspecified atom stereocenters. The highest BCUT2D eigenvalue weighted by Crippen LogP contribution is 2.38. The number of ether oxygens (including phenoxy) is 1. The first-order chi connectivity index (χ1) is 18.5. The molecular formula is C29H31N5O3S. The Morgan fingerprint density at radius 2 is 1.84 bits per heavy atom. The van der Waals surface area contributed by atoms with Crippen LogP contribution in [0.3, 0.4) is 0 Å². The standard InChI is InChI=1S/C29H31N5O3S/c1-4-37-26(35)16-17-30-29(36)33-19-24-20(2)31-34(22-9-6-5-7-10-22)28(24)32-18-8-11-25(32)27(33)21-12-14-23(38-3)15-13-21/h5-15,18,27H,4,16-17,19H2,1-3H3,(H,30,36). The quantitative estimate of drug-likeness (QED) is 0.261. The lowest BCUT2D eigenvalue weighted by Gasteiger charge is -2.31. The lowest BCUT2D eigenvalue weighted by Crippen LogP contribution is -2.42. The van der Waals surface area contributed by atoms with Crippen LogP contribution in [-0.4, -0.2) is 50.7 Å². The predicted octanol–water partition coefficient (Wildman–Crippen LogP) is 5.26. The van der Waals surface area contributed by atoms with Crippen LogP contribution in [0.4, 0.5) is 4.79 Å². The molecule has 2 aromatic carbocycles. The second kappa shape index (κ2) is 11.2. The van der Waals surface area contributed by atoms with Gasteiger partial charge in [-0.25, -0.2) is 9.48 Å². The summed E-state index contributed by atoms with van der Waals surface area (Å²) in [5.41, 5.74) is 4.73. The molecule has 0 radical (unpaired) electrons. The highest BCUT2D eigenvalue weighted by Gasteiger charge is 2.35. The Kier molecular flexibility index (Phi) is 7.55. The topological polar surface area (TPSA) is 81.4 Å². The Morgan fingerprint density at radius 3 is 2.55 bits per heavy atom. The molecule has 0 saturated heterocycles. The van der Waals surface area contributed by atoms with Crippen LogP contribution in [0.1, 0.15) is 41.9 Å². The molecular weight excluding hydrogens is 498 g/mol. The Hall–Kier alpha value is -3.98. The van der Waals surface area contributed by atoms with E-state index in [1.54, 1.807) is 18.7 Å². The van der Waals surface area contributed by atoms with E-state index in [2.05, 4.69) is 40.2 Å². The zero-order chi connectivity index (χ0) is 26.6. The fraction of sp³-hybridized carbons (Fsp3) is 0.276. The molecule has 8 nitrogen and oxygen atoms in total. The summed E-state index contributed by atoms with van der Waals surface area (Å²) < 4.78 is 9.11. The number of aryl methyl sites for hydroxylation is 1. The van der Waals surface area contributed by atoms with Crippen LogP contribution in [0.5, 0.6) is 0 Å². The SMILES string of the molecule is CCOC(=O)CCNC(=O)N1Cc2c(C)nn(-c3ccccc3)c2-n2cccc2C1c1ccc(SC)cc1. The predicted molar refractivity (Wildman–Crippen MR) is 148 cm³/mol. The molecule has 38 heavy (non-hydrogen) atoms. The number of rotatable bonds is 7. The zero-order valence-electron chi connectivity index (χ0n) is 21.8. The van der Waals surface area contributed by atoms with Crippen LogP contribution in [-0.2, 0) is 16.1 Å². The number of esters is 1. The second-order valence-electron chi connectivity index (χ2n) is 9.03. The monoisotopic (exact) mass is 529 g/mol. The number of carbonyl (C=O) groups is 2. The fourth-order valence-electron chi connectivity index (χ4n) is 4.89. The molecule has 1 atom stereocenters. The van der Waals surface area contributed by atoms with E-state index in [-0.39, 0.29) is 31.0 Å². The molecule has 5 rings (SSSR count). The van der Waals surface area contributed by atoms with Crippen molar-refractivity contribution < 1.29 is 14.3 Å². The smallest absolute Gasteiger partial charge is 0.318 e. The molecule has 9 heteroatoms. The van der Waals surface area contributed by atoms with Gasteiger partial charge in [0.15, 0.2) is 0 Å². The number of benzene rings is 2. The number of aromatic nitrogens is 3. The molecule has 3 heterocycles. The highest BCUT2D eigenvalue weighted by molar-refractivity contribution is 7.98. The van der Waals surface area contributed by atoms with E-state index < -0.39 is 0 Å². The summed E-state index contributed by atoms with van der Waals surface area (Å²) >= 11 is 1.68. The summed E-state index contributed by atoms with van der Waals surface area (Å²) in [5.74, 6) is 0.588. The minimum atomic E-state index is -0.348. The average molecular weight is 530 g/mol. The number of thioether (sulfide) groups is 1. The molecule has 196 valence electrons. The van der Waals surface area contributed by atoms with Gasteiger partial charge in [0.05, 0.1) is 42.7 Å². The summed E-state index contributed by atoms with van der Waals surface area (Å²) in [5, 5.41) is 7.83. The lowest BCUT2D eigenvalue weighted by atomic mass is 10.0. The van der Waals surface area contributed by atoms with Gasteiger partial charge >= 0.3 is 12.0 Å². The van der Waals surface area contributed by atoms with E-state index in [1.807, 2.05) is 65.4 Å². The van der Waals surface area contributed by atoms with Crippen LogP contribution in [0.15, 0.2) is 77.8 Å². The molecule has 1 N–H and O–H groups in total. The van der Waals surface area contributed by atoms with E-state index in [0.29, 0.717) is 13.2 Å². The normalized spacial score (nSPS) is 14.4. The number of hydrogen-bond donors (Lipinski definition) is 1. The Balaban J connectivity index is 1.60. The maximum absolute atomic E-state index is 13.7.